The molecule has 98 valence electrons. The van der Waals surface area contributed by atoms with E-state index in [1.807, 2.05) is 0 Å². The average Bonchev–Trinajstić information content (AvgIpc) is 2.84. The van der Waals surface area contributed by atoms with Gasteiger partial charge in [-0.15, -0.1) is 5.10 Å². The topological polar surface area (TPSA) is 110 Å². The van der Waals surface area contributed by atoms with Gasteiger partial charge in [0.25, 0.3) is 5.91 Å². The molecule has 0 spiro atoms. The van der Waals surface area contributed by atoms with Crippen LogP contribution in [0.4, 0.5) is 0 Å². The summed E-state index contributed by atoms with van der Waals surface area (Å²) in [6.07, 6.45) is 2.99. The first kappa shape index (κ1) is 12.7. The minimum atomic E-state index is -1.01. The average molecular weight is 261 g/mol. The molecule has 0 saturated heterocycles. The highest BCUT2D eigenvalue weighted by atomic mass is 16.4. The molecule has 2 heterocycles. The maximum atomic E-state index is 11.7. The van der Waals surface area contributed by atoms with Gasteiger partial charge in [-0.1, -0.05) is 11.3 Å². The Hall–Kier alpha value is -2.77. The van der Waals surface area contributed by atoms with Crippen LogP contribution in [0.3, 0.4) is 0 Å². The Bertz CT molecular complexity index is 581. The van der Waals surface area contributed by atoms with Crippen molar-refractivity contribution in [2.45, 2.75) is 13.1 Å². The van der Waals surface area contributed by atoms with E-state index in [1.165, 1.54) is 17.1 Å². The molecule has 1 amide bonds. The molecule has 0 unspecified atom stereocenters. The fourth-order valence-corrected chi connectivity index (χ4v) is 1.39. The van der Waals surface area contributed by atoms with Gasteiger partial charge >= 0.3 is 5.97 Å². The summed E-state index contributed by atoms with van der Waals surface area (Å²) in [5, 5.41) is 18.6. The van der Waals surface area contributed by atoms with Crippen molar-refractivity contribution >= 4 is 11.9 Å². The highest BCUT2D eigenvalue weighted by molar-refractivity contribution is 5.92. The summed E-state index contributed by atoms with van der Waals surface area (Å²) in [7, 11) is 0. The van der Waals surface area contributed by atoms with Gasteiger partial charge in [0.2, 0.25) is 0 Å². The Morgan fingerprint density at radius 2 is 2.21 bits per heavy atom. The summed E-state index contributed by atoms with van der Waals surface area (Å²) < 4.78 is 1.19. The summed E-state index contributed by atoms with van der Waals surface area (Å²) in [6.45, 7) is -0.101. The lowest BCUT2D eigenvalue weighted by Gasteiger charge is -2.01. The van der Waals surface area contributed by atoms with Crippen LogP contribution in [0.2, 0.25) is 0 Å². The number of pyridine rings is 1. The normalized spacial score (nSPS) is 10.1. The third kappa shape index (κ3) is 3.60. The van der Waals surface area contributed by atoms with Gasteiger partial charge < -0.3 is 10.4 Å². The summed E-state index contributed by atoms with van der Waals surface area (Å²) >= 11 is 0. The maximum absolute atomic E-state index is 11.7. The third-order valence-electron chi connectivity index (χ3n) is 2.21. The molecule has 0 aliphatic heterocycles. The summed E-state index contributed by atoms with van der Waals surface area (Å²) in [6, 6.07) is 5.02. The van der Waals surface area contributed by atoms with E-state index < -0.39 is 5.97 Å². The van der Waals surface area contributed by atoms with Gasteiger partial charge in [0.1, 0.15) is 17.9 Å². The van der Waals surface area contributed by atoms with Crippen LogP contribution >= 0.6 is 0 Å². The number of carboxylic acid groups (broad SMARTS) is 1. The molecule has 0 radical (unpaired) electrons. The van der Waals surface area contributed by atoms with Crippen LogP contribution in [0.5, 0.6) is 0 Å². The molecule has 2 rings (SSSR count). The number of hydrogen-bond donors (Lipinski definition) is 2. The molecular weight excluding hydrogens is 250 g/mol. The lowest BCUT2D eigenvalue weighted by molar-refractivity contribution is -0.137. The summed E-state index contributed by atoms with van der Waals surface area (Å²) in [5.74, 6) is -1.33. The molecule has 8 heteroatoms. The molecule has 0 aromatic carbocycles. The molecule has 2 N–H and O–H groups in total. The van der Waals surface area contributed by atoms with Gasteiger partial charge in [-0.3, -0.25) is 14.6 Å². The van der Waals surface area contributed by atoms with E-state index in [0.29, 0.717) is 11.4 Å². The van der Waals surface area contributed by atoms with Crippen LogP contribution in [0.1, 0.15) is 16.2 Å². The van der Waals surface area contributed by atoms with Crippen molar-refractivity contribution in [3.63, 3.8) is 0 Å². The molecule has 19 heavy (non-hydrogen) atoms. The second kappa shape index (κ2) is 5.71. The minimum Gasteiger partial charge on any atom is -0.480 e. The highest BCUT2D eigenvalue weighted by Crippen LogP contribution is 1.96. The van der Waals surface area contributed by atoms with Gasteiger partial charge in [0, 0.05) is 6.20 Å². The van der Waals surface area contributed by atoms with Crippen LogP contribution in [0.25, 0.3) is 0 Å². The Labute approximate surface area is 108 Å². The Morgan fingerprint density at radius 3 is 2.89 bits per heavy atom. The number of aromatic nitrogens is 4. The molecule has 8 nitrogen and oxygen atoms in total. The van der Waals surface area contributed by atoms with Gasteiger partial charge in [0.15, 0.2) is 0 Å². The van der Waals surface area contributed by atoms with E-state index in [2.05, 4.69) is 20.6 Å². The van der Waals surface area contributed by atoms with Crippen molar-refractivity contribution in [3.8, 4) is 0 Å². The SMILES string of the molecule is O=C(O)Cn1cc(CNC(=O)c2ccccn2)nn1. The highest BCUT2D eigenvalue weighted by Gasteiger charge is 2.08. The molecule has 0 fully saturated rings. The van der Waals surface area contributed by atoms with E-state index in [-0.39, 0.29) is 19.0 Å². The summed E-state index contributed by atoms with van der Waals surface area (Å²) in [5.41, 5.74) is 0.783. The summed E-state index contributed by atoms with van der Waals surface area (Å²) in [4.78, 5) is 26.0. The van der Waals surface area contributed by atoms with Gasteiger partial charge in [-0.05, 0) is 12.1 Å². The fraction of sp³-hybridized carbons (Fsp3) is 0.182. The van der Waals surface area contributed by atoms with Crippen molar-refractivity contribution in [2.24, 2.45) is 0 Å². The van der Waals surface area contributed by atoms with Crippen LogP contribution in [-0.4, -0.2) is 37.0 Å². The number of amides is 1. The first-order valence-electron chi connectivity index (χ1n) is 5.45. The zero-order chi connectivity index (χ0) is 13.7. The Kier molecular flexibility index (Phi) is 3.81. The molecule has 2 aromatic heterocycles. The number of nitrogens with zero attached hydrogens (tertiary/aromatic N) is 4. The van der Waals surface area contributed by atoms with E-state index in [0.717, 1.165) is 0 Å². The standard InChI is InChI=1S/C11H11N5O3/c17-10(18)7-16-6-8(14-15-16)5-13-11(19)9-3-1-2-4-12-9/h1-4,6H,5,7H2,(H,13,19)(H,17,18). The third-order valence-corrected chi connectivity index (χ3v) is 2.21. The van der Waals surface area contributed by atoms with Crippen molar-refractivity contribution in [1.82, 2.24) is 25.3 Å². The van der Waals surface area contributed by atoms with Crippen LogP contribution in [0.15, 0.2) is 30.6 Å². The molecular formula is C11H11N5O3. The second-order valence-electron chi connectivity index (χ2n) is 3.70. The van der Waals surface area contributed by atoms with E-state index in [1.54, 1.807) is 18.2 Å². The molecule has 2 aromatic rings. The number of carbonyl (C=O) groups is 2. The Morgan fingerprint density at radius 1 is 1.37 bits per heavy atom. The molecule has 0 atom stereocenters. The molecule has 0 bridgehead atoms. The van der Waals surface area contributed by atoms with Gasteiger partial charge in [0.05, 0.1) is 12.7 Å². The van der Waals surface area contributed by atoms with E-state index >= 15 is 0 Å². The first-order valence-corrected chi connectivity index (χ1v) is 5.45. The minimum absolute atomic E-state index is 0.162. The smallest absolute Gasteiger partial charge is 0.325 e. The van der Waals surface area contributed by atoms with Crippen molar-refractivity contribution in [1.29, 1.82) is 0 Å². The lowest BCUT2D eigenvalue weighted by atomic mass is 10.3. The Balaban J connectivity index is 1.90. The number of nitrogens with one attached hydrogen (secondary N) is 1. The molecule has 0 saturated carbocycles. The number of hydrogen-bond acceptors (Lipinski definition) is 5. The predicted octanol–water partition coefficient (Wildman–Crippen LogP) is -0.312. The van der Waals surface area contributed by atoms with E-state index in [4.69, 9.17) is 5.11 Å². The first-order chi connectivity index (χ1) is 9.15. The predicted molar refractivity (Wildman–Crippen MR) is 63.1 cm³/mol. The molecule has 0 aliphatic carbocycles. The number of carbonyl (C=O) groups excluding carboxylic acids is 1. The molecule has 0 aliphatic rings. The van der Waals surface area contributed by atoms with Gasteiger partial charge in [-0.2, -0.15) is 0 Å². The lowest BCUT2D eigenvalue weighted by Crippen LogP contribution is -2.23. The maximum Gasteiger partial charge on any atom is 0.325 e. The van der Waals surface area contributed by atoms with E-state index in [9.17, 15) is 9.59 Å². The van der Waals surface area contributed by atoms with Gasteiger partial charge in [-0.25, -0.2) is 4.68 Å². The quantitative estimate of drug-likeness (QED) is 0.763. The van der Waals surface area contributed by atoms with Crippen molar-refractivity contribution < 1.29 is 14.7 Å². The monoisotopic (exact) mass is 261 g/mol. The van der Waals surface area contributed by atoms with Crippen molar-refractivity contribution in [3.05, 3.63) is 42.0 Å². The fourth-order valence-electron chi connectivity index (χ4n) is 1.39. The van der Waals surface area contributed by atoms with Crippen LogP contribution in [-0.2, 0) is 17.9 Å². The number of rotatable bonds is 5. The zero-order valence-corrected chi connectivity index (χ0v) is 9.85. The van der Waals surface area contributed by atoms with Crippen LogP contribution in [0, 0.1) is 0 Å². The second-order valence-corrected chi connectivity index (χ2v) is 3.70. The zero-order valence-electron chi connectivity index (χ0n) is 9.85. The number of carboxylic acids is 1. The number of aliphatic carboxylic acids is 1. The largest absolute Gasteiger partial charge is 0.480 e. The van der Waals surface area contributed by atoms with Crippen LogP contribution < -0.4 is 5.32 Å². The van der Waals surface area contributed by atoms with Crippen molar-refractivity contribution in [2.75, 3.05) is 0 Å².